The molecular weight excluding hydrogens is 340 g/mol. The standard InChI is InChI=1S/C19H13F2N3O2/c1-26-19-12(5-4-7-22-19)16-15-6-2-3-8-24(15)18(23-16)13-9-11(20)10-14(21)17(13)25/h2-10,25H,1H3. The number of methoxy groups -OCH3 is 1. The first-order chi connectivity index (χ1) is 12.6. The molecule has 0 saturated carbocycles. The predicted octanol–water partition coefficient (Wildman–Crippen LogP) is 4.06. The van der Waals surface area contributed by atoms with Crippen LogP contribution in [0.2, 0.25) is 0 Å². The third-order valence-corrected chi connectivity index (χ3v) is 4.04. The van der Waals surface area contributed by atoms with E-state index in [9.17, 15) is 13.9 Å². The Hall–Kier alpha value is -3.48. The van der Waals surface area contributed by atoms with Crippen LogP contribution in [0.1, 0.15) is 0 Å². The van der Waals surface area contributed by atoms with Gasteiger partial charge in [-0.1, -0.05) is 6.07 Å². The van der Waals surface area contributed by atoms with Crippen LogP contribution in [0.3, 0.4) is 0 Å². The average Bonchev–Trinajstić information content (AvgIpc) is 3.04. The summed E-state index contributed by atoms with van der Waals surface area (Å²) < 4.78 is 34.5. The molecule has 5 nitrogen and oxygen atoms in total. The molecule has 3 aromatic heterocycles. The van der Waals surface area contributed by atoms with Crippen LogP contribution in [0.25, 0.3) is 28.2 Å². The van der Waals surface area contributed by atoms with Gasteiger partial charge in [0.25, 0.3) is 0 Å². The van der Waals surface area contributed by atoms with E-state index in [1.165, 1.54) is 7.11 Å². The molecule has 0 atom stereocenters. The monoisotopic (exact) mass is 353 g/mol. The van der Waals surface area contributed by atoms with Crippen molar-refractivity contribution in [3.63, 3.8) is 0 Å². The third-order valence-electron chi connectivity index (χ3n) is 4.04. The maximum absolute atomic E-state index is 13.8. The highest BCUT2D eigenvalue weighted by Crippen LogP contribution is 2.37. The lowest BCUT2D eigenvalue weighted by atomic mass is 10.1. The summed E-state index contributed by atoms with van der Waals surface area (Å²) in [5, 5.41) is 10.1. The van der Waals surface area contributed by atoms with Gasteiger partial charge in [-0.05, 0) is 30.3 Å². The highest BCUT2D eigenvalue weighted by atomic mass is 19.1. The number of imidazole rings is 1. The van der Waals surface area contributed by atoms with E-state index >= 15 is 0 Å². The lowest BCUT2D eigenvalue weighted by Crippen LogP contribution is -1.92. The van der Waals surface area contributed by atoms with E-state index in [0.717, 1.165) is 6.07 Å². The number of phenols is 1. The average molecular weight is 353 g/mol. The third kappa shape index (κ3) is 2.45. The summed E-state index contributed by atoms with van der Waals surface area (Å²) in [4.78, 5) is 8.70. The number of benzene rings is 1. The molecule has 0 aliphatic carbocycles. The van der Waals surface area contributed by atoms with Crippen molar-refractivity contribution in [1.82, 2.24) is 14.4 Å². The van der Waals surface area contributed by atoms with Gasteiger partial charge in [0.15, 0.2) is 11.6 Å². The van der Waals surface area contributed by atoms with Gasteiger partial charge >= 0.3 is 0 Å². The molecule has 4 rings (SSSR count). The molecule has 0 aliphatic heterocycles. The van der Waals surface area contributed by atoms with Crippen molar-refractivity contribution in [3.8, 4) is 34.3 Å². The van der Waals surface area contributed by atoms with E-state index < -0.39 is 17.4 Å². The number of hydrogen-bond donors (Lipinski definition) is 1. The second-order valence-corrected chi connectivity index (χ2v) is 5.58. The Morgan fingerprint density at radius 3 is 2.73 bits per heavy atom. The van der Waals surface area contributed by atoms with Crippen LogP contribution >= 0.6 is 0 Å². The van der Waals surface area contributed by atoms with Gasteiger partial charge < -0.3 is 9.84 Å². The quantitative estimate of drug-likeness (QED) is 0.603. The Balaban J connectivity index is 2.05. The van der Waals surface area contributed by atoms with Gasteiger partial charge in [-0.15, -0.1) is 0 Å². The Bertz CT molecular complexity index is 1130. The van der Waals surface area contributed by atoms with Crippen LogP contribution in [0.5, 0.6) is 11.6 Å². The SMILES string of the molecule is COc1ncccc1-c1nc(-c2cc(F)cc(F)c2O)n2ccccc12. The van der Waals surface area contributed by atoms with Gasteiger partial charge in [0.2, 0.25) is 5.88 Å². The lowest BCUT2D eigenvalue weighted by molar-refractivity contribution is 0.399. The van der Waals surface area contributed by atoms with E-state index in [1.54, 1.807) is 35.0 Å². The van der Waals surface area contributed by atoms with Crippen molar-refractivity contribution >= 4 is 5.52 Å². The van der Waals surface area contributed by atoms with Crippen LogP contribution in [-0.2, 0) is 0 Å². The number of pyridine rings is 2. The Morgan fingerprint density at radius 2 is 1.92 bits per heavy atom. The molecule has 26 heavy (non-hydrogen) atoms. The molecule has 0 unspecified atom stereocenters. The number of hydrogen-bond acceptors (Lipinski definition) is 4. The smallest absolute Gasteiger partial charge is 0.222 e. The summed E-state index contributed by atoms with van der Waals surface area (Å²) in [6.07, 6.45) is 3.29. The van der Waals surface area contributed by atoms with Crippen molar-refractivity contribution < 1.29 is 18.6 Å². The molecular formula is C19H13F2N3O2. The largest absolute Gasteiger partial charge is 0.504 e. The first kappa shape index (κ1) is 16.0. The van der Waals surface area contributed by atoms with Gasteiger partial charge in [-0.2, -0.15) is 0 Å². The summed E-state index contributed by atoms with van der Waals surface area (Å²) in [7, 11) is 1.50. The maximum atomic E-state index is 13.8. The number of nitrogens with zero attached hydrogens (tertiary/aromatic N) is 3. The second-order valence-electron chi connectivity index (χ2n) is 5.58. The van der Waals surface area contributed by atoms with E-state index in [4.69, 9.17) is 4.74 Å². The summed E-state index contributed by atoms with van der Waals surface area (Å²) in [6.45, 7) is 0. The molecule has 1 N–H and O–H groups in total. The molecule has 0 amide bonds. The van der Waals surface area contributed by atoms with Gasteiger partial charge in [0.05, 0.1) is 23.8 Å². The molecule has 0 fully saturated rings. The highest BCUT2D eigenvalue weighted by molar-refractivity contribution is 5.84. The van der Waals surface area contributed by atoms with Crippen molar-refractivity contribution in [3.05, 3.63) is 66.5 Å². The molecule has 3 heterocycles. The van der Waals surface area contributed by atoms with Crippen LogP contribution in [0, 0.1) is 11.6 Å². The van der Waals surface area contributed by atoms with Crippen LogP contribution < -0.4 is 4.74 Å². The van der Waals surface area contributed by atoms with Gasteiger partial charge in [-0.3, -0.25) is 4.40 Å². The first-order valence-electron chi connectivity index (χ1n) is 7.75. The number of aromatic nitrogens is 3. The number of phenolic OH excluding ortho intramolecular Hbond substituents is 1. The second kappa shape index (κ2) is 6.11. The lowest BCUT2D eigenvalue weighted by Gasteiger charge is -2.05. The minimum absolute atomic E-state index is 0.0437. The minimum atomic E-state index is -1.05. The normalized spacial score (nSPS) is 11.0. The molecule has 1 aromatic carbocycles. The van der Waals surface area contributed by atoms with E-state index in [-0.39, 0.29) is 11.4 Å². The fourth-order valence-corrected chi connectivity index (χ4v) is 2.90. The molecule has 7 heteroatoms. The fraction of sp³-hybridized carbons (Fsp3) is 0.0526. The molecule has 0 spiro atoms. The van der Waals surface area contributed by atoms with Gasteiger partial charge in [-0.25, -0.2) is 18.7 Å². The molecule has 130 valence electrons. The summed E-state index contributed by atoms with van der Waals surface area (Å²) in [6, 6.07) is 10.6. The zero-order chi connectivity index (χ0) is 18.3. The molecule has 0 radical (unpaired) electrons. The van der Waals surface area contributed by atoms with Crippen LogP contribution in [-0.4, -0.2) is 26.6 Å². The number of ether oxygens (including phenoxy) is 1. The molecule has 0 aliphatic rings. The molecule has 0 bridgehead atoms. The number of fused-ring (bicyclic) bond motifs is 1. The van der Waals surface area contributed by atoms with E-state index in [1.807, 2.05) is 12.1 Å². The minimum Gasteiger partial charge on any atom is -0.504 e. The maximum Gasteiger partial charge on any atom is 0.222 e. The van der Waals surface area contributed by atoms with Crippen LogP contribution in [0.15, 0.2) is 54.9 Å². The van der Waals surface area contributed by atoms with Gasteiger partial charge in [0.1, 0.15) is 17.3 Å². The predicted molar refractivity (Wildman–Crippen MR) is 92.0 cm³/mol. The van der Waals surface area contributed by atoms with Crippen LogP contribution in [0.4, 0.5) is 8.78 Å². The topological polar surface area (TPSA) is 59.7 Å². The number of aromatic hydroxyl groups is 1. The van der Waals surface area contributed by atoms with Crippen molar-refractivity contribution in [2.24, 2.45) is 0 Å². The summed E-state index contributed by atoms with van der Waals surface area (Å²) in [5.41, 5.74) is 1.78. The van der Waals surface area contributed by atoms with E-state index in [0.29, 0.717) is 28.7 Å². The van der Waals surface area contributed by atoms with Crippen molar-refractivity contribution in [1.29, 1.82) is 0 Å². The van der Waals surface area contributed by atoms with Gasteiger partial charge in [0, 0.05) is 18.5 Å². The fourth-order valence-electron chi connectivity index (χ4n) is 2.90. The summed E-state index contributed by atoms with van der Waals surface area (Å²) >= 11 is 0. The molecule has 0 saturated heterocycles. The zero-order valence-electron chi connectivity index (χ0n) is 13.6. The summed E-state index contributed by atoms with van der Waals surface area (Å²) in [5.74, 6) is -1.93. The number of rotatable bonds is 3. The zero-order valence-corrected chi connectivity index (χ0v) is 13.6. The highest BCUT2D eigenvalue weighted by Gasteiger charge is 2.21. The first-order valence-corrected chi connectivity index (χ1v) is 7.75. The number of halogens is 2. The molecule has 4 aromatic rings. The van der Waals surface area contributed by atoms with E-state index in [2.05, 4.69) is 9.97 Å². The Kier molecular flexibility index (Phi) is 3.76. The van der Waals surface area contributed by atoms with Crippen molar-refractivity contribution in [2.45, 2.75) is 0 Å². The Labute approximate surface area is 147 Å². The Morgan fingerprint density at radius 1 is 1.08 bits per heavy atom. The van der Waals surface area contributed by atoms with Crippen molar-refractivity contribution in [2.75, 3.05) is 7.11 Å².